The van der Waals surface area contributed by atoms with E-state index in [0.717, 1.165) is 32.5 Å². The molecule has 0 radical (unpaired) electrons. The predicted octanol–water partition coefficient (Wildman–Crippen LogP) is 5.24. The summed E-state index contributed by atoms with van der Waals surface area (Å²) in [5.41, 5.74) is 2.10. The molecule has 0 amide bonds. The number of anilines is 2. The predicted molar refractivity (Wildman–Crippen MR) is 143 cm³/mol. The normalized spacial score (nSPS) is 15.9. The Balaban J connectivity index is 1.59. The van der Waals surface area contributed by atoms with Crippen molar-refractivity contribution >= 4 is 45.5 Å². The monoisotopic (exact) mass is 529 g/mol. The Bertz CT molecular complexity index is 1280. The molecule has 2 aromatic carbocycles. The first kappa shape index (κ1) is 26.1. The van der Waals surface area contributed by atoms with Crippen LogP contribution in [0.3, 0.4) is 0 Å². The Labute approximate surface area is 221 Å². The average molecular weight is 530 g/mol. The molecule has 0 bridgehead atoms. The lowest BCUT2D eigenvalue weighted by Crippen LogP contribution is -2.49. The highest BCUT2D eigenvalue weighted by molar-refractivity contribution is 6.37. The van der Waals surface area contributed by atoms with Crippen molar-refractivity contribution < 1.29 is 14.2 Å². The molecule has 190 valence electrons. The van der Waals surface area contributed by atoms with Crippen LogP contribution in [0.2, 0.25) is 10.0 Å². The summed E-state index contributed by atoms with van der Waals surface area (Å²) >= 11 is 12.6. The van der Waals surface area contributed by atoms with Gasteiger partial charge in [-0.25, -0.2) is 0 Å². The first-order chi connectivity index (χ1) is 17.4. The lowest BCUT2D eigenvalue weighted by atomic mass is 10.1. The summed E-state index contributed by atoms with van der Waals surface area (Å²) in [7, 11) is 5.28. The number of halogens is 2. The third-order valence-corrected chi connectivity index (χ3v) is 6.97. The summed E-state index contributed by atoms with van der Waals surface area (Å²) in [5.74, 6) is 1.62. The fourth-order valence-electron chi connectivity index (χ4n) is 4.29. The van der Waals surface area contributed by atoms with Crippen LogP contribution in [0.15, 0.2) is 30.5 Å². The molecule has 1 atom stereocenters. The Morgan fingerprint density at radius 2 is 1.94 bits per heavy atom. The van der Waals surface area contributed by atoms with Crippen molar-refractivity contribution in [2.75, 3.05) is 52.8 Å². The van der Waals surface area contributed by atoms with Gasteiger partial charge in [0.2, 0.25) is 0 Å². The van der Waals surface area contributed by atoms with Crippen LogP contribution in [0.4, 0.5) is 11.4 Å². The van der Waals surface area contributed by atoms with Crippen LogP contribution in [0.5, 0.6) is 17.2 Å². The molecule has 0 spiro atoms. The Morgan fingerprint density at radius 3 is 2.67 bits per heavy atom. The van der Waals surface area contributed by atoms with E-state index < -0.39 is 0 Å². The van der Waals surface area contributed by atoms with Crippen LogP contribution in [-0.4, -0.2) is 63.4 Å². The number of methoxy groups -OCH3 is 2. The van der Waals surface area contributed by atoms with Crippen molar-refractivity contribution in [3.63, 3.8) is 0 Å². The first-order valence-electron chi connectivity index (χ1n) is 11.7. The molecular formula is C26H29Cl2N5O3. The second-order valence-corrected chi connectivity index (χ2v) is 9.41. The van der Waals surface area contributed by atoms with Gasteiger partial charge in [-0.2, -0.15) is 5.26 Å². The summed E-state index contributed by atoms with van der Waals surface area (Å²) in [6.07, 6.45) is 3.48. The highest BCUT2D eigenvalue weighted by Gasteiger charge is 2.19. The fraction of sp³-hybridized carbons (Fsp3) is 0.385. The third kappa shape index (κ3) is 5.71. The Morgan fingerprint density at radius 1 is 1.14 bits per heavy atom. The zero-order valence-electron chi connectivity index (χ0n) is 20.5. The zero-order valence-corrected chi connectivity index (χ0v) is 22.0. The van der Waals surface area contributed by atoms with Gasteiger partial charge >= 0.3 is 0 Å². The van der Waals surface area contributed by atoms with E-state index in [1.54, 1.807) is 19.2 Å². The summed E-state index contributed by atoms with van der Waals surface area (Å²) in [4.78, 5) is 6.87. The molecule has 2 heterocycles. The SMILES string of the molecule is COc1cc(Nc2c(C#N)cnc3cc(OCCCC4CNCCN4C)c(OC)cc23)c(Cl)cc1Cl. The number of pyridine rings is 1. The van der Waals surface area contributed by atoms with Gasteiger partial charge in [-0.05, 0) is 32.0 Å². The number of aromatic nitrogens is 1. The van der Waals surface area contributed by atoms with Gasteiger partial charge in [0.25, 0.3) is 0 Å². The minimum absolute atomic E-state index is 0.355. The van der Waals surface area contributed by atoms with E-state index in [1.165, 1.54) is 13.3 Å². The van der Waals surface area contributed by atoms with Gasteiger partial charge in [-0.15, -0.1) is 0 Å². The Kier molecular flexibility index (Phi) is 8.60. The van der Waals surface area contributed by atoms with E-state index in [-0.39, 0.29) is 0 Å². The van der Waals surface area contributed by atoms with Crippen LogP contribution in [0.1, 0.15) is 18.4 Å². The number of benzene rings is 2. The van der Waals surface area contributed by atoms with E-state index in [1.807, 2.05) is 12.1 Å². The van der Waals surface area contributed by atoms with E-state index in [9.17, 15) is 5.26 Å². The molecule has 36 heavy (non-hydrogen) atoms. The molecule has 1 aliphatic heterocycles. The number of fused-ring (bicyclic) bond motifs is 1. The molecule has 4 rings (SSSR count). The maximum atomic E-state index is 9.75. The van der Waals surface area contributed by atoms with Crippen LogP contribution in [0.25, 0.3) is 10.9 Å². The second kappa shape index (κ2) is 11.8. The summed E-state index contributed by atoms with van der Waals surface area (Å²) < 4.78 is 17.0. The summed E-state index contributed by atoms with van der Waals surface area (Å²) in [6, 6.07) is 9.63. The molecule has 1 fully saturated rings. The number of ether oxygens (including phenoxy) is 3. The van der Waals surface area contributed by atoms with E-state index in [2.05, 4.69) is 33.6 Å². The number of rotatable bonds is 9. The molecule has 1 aromatic heterocycles. The molecular weight excluding hydrogens is 501 g/mol. The van der Waals surface area contributed by atoms with Gasteiger partial charge < -0.3 is 29.7 Å². The second-order valence-electron chi connectivity index (χ2n) is 8.60. The number of nitrogens with one attached hydrogen (secondary N) is 2. The number of hydrogen-bond donors (Lipinski definition) is 2. The molecule has 1 saturated heterocycles. The number of nitriles is 1. The number of likely N-dealkylation sites (N-methyl/N-ethyl adjacent to an activating group) is 1. The van der Waals surface area contributed by atoms with E-state index >= 15 is 0 Å². The molecule has 8 nitrogen and oxygen atoms in total. The quantitative estimate of drug-likeness (QED) is 0.363. The molecule has 1 unspecified atom stereocenters. The molecule has 2 N–H and O–H groups in total. The largest absolute Gasteiger partial charge is 0.495 e. The molecule has 10 heteroatoms. The third-order valence-electron chi connectivity index (χ3n) is 6.36. The van der Waals surface area contributed by atoms with Crippen LogP contribution in [-0.2, 0) is 0 Å². The summed E-state index contributed by atoms with van der Waals surface area (Å²) in [6.45, 7) is 3.66. The maximum absolute atomic E-state index is 9.75. The smallest absolute Gasteiger partial charge is 0.163 e. The molecule has 1 aliphatic rings. The number of hydrogen-bond acceptors (Lipinski definition) is 8. The lowest BCUT2D eigenvalue weighted by Gasteiger charge is -2.33. The van der Waals surface area contributed by atoms with Crippen LogP contribution >= 0.6 is 23.2 Å². The first-order valence-corrected chi connectivity index (χ1v) is 12.5. The maximum Gasteiger partial charge on any atom is 0.163 e. The van der Waals surface area contributed by atoms with Crippen molar-refractivity contribution in [1.29, 1.82) is 5.26 Å². The topological polar surface area (TPSA) is 91.7 Å². The van der Waals surface area contributed by atoms with Crippen molar-refractivity contribution in [3.05, 3.63) is 46.1 Å². The number of nitrogens with zero attached hydrogens (tertiary/aromatic N) is 3. The highest BCUT2D eigenvalue weighted by atomic mass is 35.5. The van der Waals surface area contributed by atoms with Crippen LogP contribution in [0, 0.1) is 11.3 Å². The van der Waals surface area contributed by atoms with E-state index in [0.29, 0.717) is 67.8 Å². The molecule has 3 aromatic rings. The fourth-order valence-corrected chi connectivity index (χ4v) is 4.80. The van der Waals surface area contributed by atoms with Gasteiger partial charge in [0.15, 0.2) is 11.5 Å². The average Bonchev–Trinajstić information content (AvgIpc) is 2.88. The Hall–Kier alpha value is -2.96. The van der Waals surface area contributed by atoms with Gasteiger partial charge in [0.05, 0.1) is 53.3 Å². The number of piperazine rings is 1. The molecule has 0 aliphatic carbocycles. The molecule has 0 saturated carbocycles. The minimum Gasteiger partial charge on any atom is -0.495 e. The van der Waals surface area contributed by atoms with E-state index in [4.69, 9.17) is 37.4 Å². The highest BCUT2D eigenvalue weighted by Crippen LogP contribution is 2.40. The van der Waals surface area contributed by atoms with Crippen LogP contribution < -0.4 is 24.8 Å². The van der Waals surface area contributed by atoms with Gasteiger partial charge in [-0.1, -0.05) is 23.2 Å². The van der Waals surface area contributed by atoms with Crippen molar-refractivity contribution in [2.45, 2.75) is 18.9 Å². The lowest BCUT2D eigenvalue weighted by molar-refractivity contribution is 0.177. The van der Waals surface area contributed by atoms with Gasteiger partial charge in [0, 0.05) is 49.4 Å². The zero-order chi connectivity index (χ0) is 25.7. The van der Waals surface area contributed by atoms with Crippen molar-refractivity contribution in [3.8, 4) is 23.3 Å². The standard InChI is InChI=1S/C26H29Cl2N5O3/c1-33-7-6-30-15-17(33)5-4-8-36-25-11-21-18(9-24(25)35-3)26(16(13-29)14-31-21)32-22-12-23(34-2)20(28)10-19(22)27/h9-12,14,17,30H,4-8,15H2,1-3H3,(H,31,32). The van der Waals surface area contributed by atoms with Crippen molar-refractivity contribution in [1.82, 2.24) is 15.2 Å². The van der Waals surface area contributed by atoms with Gasteiger partial charge in [0.1, 0.15) is 11.8 Å². The summed E-state index contributed by atoms with van der Waals surface area (Å²) in [5, 5.41) is 17.9. The van der Waals surface area contributed by atoms with Gasteiger partial charge in [-0.3, -0.25) is 4.98 Å². The van der Waals surface area contributed by atoms with Crippen molar-refractivity contribution in [2.24, 2.45) is 0 Å². The minimum atomic E-state index is 0.355.